The summed E-state index contributed by atoms with van der Waals surface area (Å²) >= 11 is 0. The maximum Gasteiger partial charge on any atom is 0.323 e. The molecule has 0 aliphatic carbocycles. The molecule has 0 radical (unpaired) electrons. The van der Waals surface area contributed by atoms with Crippen LogP contribution in [0.3, 0.4) is 0 Å². The number of anilines is 2. The Morgan fingerprint density at radius 1 is 1.11 bits per heavy atom. The second-order valence-electron chi connectivity index (χ2n) is 4.52. The fraction of sp³-hybridized carbons (Fsp3) is 0.750. The van der Waals surface area contributed by atoms with Crippen LogP contribution in [0.5, 0.6) is 6.01 Å². The van der Waals surface area contributed by atoms with Crippen LogP contribution in [0.15, 0.2) is 0 Å². The van der Waals surface area contributed by atoms with E-state index in [0.29, 0.717) is 23.9 Å². The number of hydrogen-bond donors (Lipinski definition) is 2. The first-order valence-electron chi connectivity index (χ1n) is 6.42. The first-order valence-corrected chi connectivity index (χ1v) is 6.42. The van der Waals surface area contributed by atoms with Crippen LogP contribution in [0.2, 0.25) is 0 Å². The highest BCUT2D eigenvalue weighted by Gasteiger charge is 2.10. The number of aromatic nitrogens is 3. The molecule has 0 bridgehead atoms. The zero-order chi connectivity index (χ0) is 13.5. The molecule has 1 atom stereocenters. The van der Waals surface area contributed by atoms with Gasteiger partial charge >= 0.3 is 6.01 Å². The van der Waals surface area contributed by atoms with Gasteiger partial charge in [-0.3, -0.25) is 0 Å². The van der Waals surface area contributed by atoms with Crippen LogP contribution in [0.4, 0.5) is 11.9 Å². The Morgan fingerprint density at radius 3 is 2.33 bits per heavy atom. The van der Waals surface area contributed by atoms with Crippen LogP contribution < -0.4 is 15.4 Å². The Morgan fingerprint density at radius 2 is 1.78 bits per heavy atom. The minimum Gasteiger partial charge on any atom is -0.461 e. The van der Waals surface area contributed by atoms with E-state index in [4.69, 9.17) is 4.74 Å². The van der Waals surface area contributed by atoms with Crippen molar-refractivity contribution in [3.05, 3.63) is 0 Å². The van der Waals surface area contributed by atoms with Crippen LogP contribution in [0.1, 0.15) is 40.5 Å². The van der Waals surface area contributed by atoms with Gasteiger partial charge in [0.1, 0.15) is 0 Å². The number of rotatable bonds is 7. The first kappa shape index (κ1) is 14.5. The van der Waals surface area contributed by atoms with Crippen molar-refractivity contribution in [2.75, 3.05) is 17.7 Å². The van der Waals surface area contributed by atoms with Gasteiger partial charge in [-0.1, -0.05) is 13.3 Å². The summed E-state index contributed by atoms with van der Waals surface area (Å²) in [7, 11) is 1.77. The number of hydrogen-bond acceptors (Lipinski definition) is 6. The largest absolute Gasteiger partial charge is 0.461 e. The normalized spacial score (nSPS) is 12.3. The topological polar surface area (TPSA) is 72.0 Å². The Labute approximate surface area is 109 Å². The monoisotopic (exact) mass is 253 g/mol. The molecule has 1 heterocycles. The summed E-state index contributed by atoms with van der Waals surface area (Å²) in [5, 5.41) is 6.15. The number of nitrogens with zero attached hydrogens (tertiary/aromatic N) is 3. The smallest absolute Gasteiger partial charge is 0.323 e. The van der Waals surface area contributed by atoms with Gasteiger partial charge in [0, 0.05) is 13.1 Å². The summed E-state index contributed by atoms with van der Waals surface area (Å²) in [4.78, 5) is 12.7. The average Bonchev–Trinajstić information content (AvgIpc) is 2.27. The minimum atomic E-state index is 0.0398. The van der Waals surface area contributed by atoms with E-state index in [-0.39, 0.29) is 6.10 Å². The third kappa shape index (κ3) is 4.73. The molecule has 1 rings (SSSR count). The lowest BCUT2D eigenvalue weighted by Gasteiger charge is -2.14. The minimum absolute atomic E-state index is 0.0398. The van der Waals surface area contributed by atoms with Gasteiger partial charge < -0.3 is 15.4 Å². The van der Waals surface area contributed by atoms with Crippen molar-refractivity contribution in [1.82, 2.24) is 15.0 Å². The second kappa shape index (κ2) is 6.98. The zero-order valence-electron chi connectivity index (χ0n) is 11.8. The maximum atomic E-state index is 5.50. The van der Waals surface area contributed by atoms with Crippen LogP contribution in [0.25, 0.3) is 0 Å². The van der Waals surface area contributed by atoms with Crippen molar-refractivity contribution in [3.8, 4) is 6.01 Å². The van der Waals surface area contributed by atoms with Gasteiger partial charge in [-0.25, -0.2) is 0 Å². The zero-order valence-corrected chi connectivity index (χ0v) is 11.8. The summed E-state index contributed by atoms with van der Waals surface area (Å²) in [6.07, 6.45) is 2.23. The number of ether oxygens (including phenoxy) is 1. The van der Waals surface area contributed by atoms with Gasteiger partial charge in [-0.15, -0.1) is 0 Å². The van der Waals surface area contributed by atoms with Crippen molar-refractivity contribution in [1.29, 1.82) is 0 Å². The van der Waals surface area contributed by atoms with Crippen molar-refractivity contribution in [2.45, 2.75) is 52.7 Å². The van der Waals surface area contributed by atoms with E-state index in [2.05, 4.69) is 39.4 Å². The van der Waals surface area contributed by atoms with Crippen molar-refractivity contribution < 1.29 is 4.74 Å². The fourth-order valence-corrected chi connectivity index (χ4v) is 1.52. The molecule has 6 nitrogen and oxygen atoms in total. The fourth-order valence-electron chi connectivity index (χ4n) is 1.52. The van der Waals surface area contributed by atoms with E-state index in [1.807, 2.05) is 13.8 Å². The SMILES string of the molecule is CCCC(C)Nc1nc(NC)nc(OC(C)C)n1. The molecule has 0 aliphatic rings. The summed E-state index contributed by atoms with van der Waals surface area (Å²) in [6.45, 7) is 8.14. The Balaban J connectivity index is 2.82. The lowest BCUT2D eigenvalue weighted by Crippen LogP contribution is -2.18. The predicted molar refractivity (Wildman–Crippen MR) is 73.1 cm³/mol. The number of nitrogens with one attached hydrogen (secondary N) is 2. The molecule has 0 spiro atoms. The van der Waals surface area contributed by atoms with Crippen LogP contribution >= 0.6 is 0 Å². The van der Waals surface area contributed by atoms with E-state index in [0.717, 1.165) is 12.8 Å². The molecule has 0 amide bonds. The predicted octanol–water partition coefficient (Wildman–Crippen LogP) is 2.30. The average molecular weight is 253 g/mol. The van der Waals surface area contributed by atoms with E-state index in [9.17, 15) is 0 Å². The molecule has 1 aromatic rings. The lowest BCUT2D eigenvalue weighted by molar-refractivity contribution is 0.222. The highest BCUT2D eigenvalue weighted by Crippen LogP contribution is 2.13. The van der Waals surface area contributed by atoms with Gasteiger partial charge in [-0.05, 0) is 27.2 Å². The van der Waals surface area contributed by atoms with Crippen LogP contribution in [0, 0.1) is 0 Å². The summed E-state index contributed by atoms with van der Waals surface area (Å²) in [5.41, 5.74) is 0. The Bertz CT molecular complexity index is 369. The molecular formula is C12H23N5O. The van der Waals surface area contributed by atoms with E-state index in [1.54, 1.807) is 7.05 Å². The molecule has 6 heteroatoms. The van der Waals surface area contributed by atoms with Gasteiger partial charge in [-0.2, -0.15) is 15.0 Å². The summed E-state index contributed by atoms with van der Waals surface area (Å²) < 4.78 is 5.50. The molecular weight excluding hydrogens is 230 g/mol. The lowest BCUT2D eigenvalue weighted by atomic mass is 10.2. The molecule has 0 fully saturated rings. The molecule has 0 aromatic carbocycles. The van der Waals surface area contributed by atoms with Gasteiger partial charge in [0.2, 0.25) is 11.9 Å². The molecule has 0 saturated carbocycles. The highest BCUT2D eigenvalue weighted by atomic mass is 16.5. The standard InChI is InChI=1S/C12H23N5O/c1-6-7-9(4)14-11-15-10(13-5)16-12(17-11)18-8(2)3/h8-9H,6-7H2,1-5H3,(H2,13,14,15,16,17). The Hall–Kier alpha value is -1.59. The second-order valence-corrected chi connectivity index (χ2v) is 4.52. The van der Waals surface area contributed by atoms with Gasteiger partial charge in [0.25, 0.3) is 0 Å². The third-order valence-electron chi connectivity index (χ3n) is 2.28. The van der Waals surface area contributed by atoms with Crippen LogP contribution in [-0.2, 0) is 0 Å². The van der Waals surface area contributed by atoms with Crippen molar-refractivity contribution in [3.63, 3.8) is 0 Å². The van der Waals surface area contributed by atoms with Gasteiger partial charge in [0.05, 0.1) is 6.10 Å². The maximum absolute atomic E-state index is 5.50. The van der Waals surface area contributed by atoms with E-state index in [1.165, 1.54) is 0 Å². The van der Waals surface area contributed by atoms with Crippen LogP contribution in [-0.4, -0.2) is 34.1 Å². The molecule has 0 aliphatic heterocycles. The molecule has 1 unspecified atom stereocenters. The van der Waals surface area contributed by atoms with Crippen molar-refractivity contribution >= 4 is 11.9 Å². The quantitative estimate of drug-likeness (QED) is 0.777. The van der Waals surface area contributed by atoms with Gasteiger partial charge in [0.15, 0.2) is 0 Å². The van der Waals surface area contributed by atoms with E-state index >= 15 is 0 Å². The summed E-state index contributed by atoms with van der Waals surface area (Å²) in [6, 6.07) is 0.671. The highest BCUT2D eigenvalue weighted by molar-refractivity contribution is 5.35. The third-order valence-corrected chi connectivity index (χ3v) is 2.28. The first-order chi connectivity index (χ1) is 8.55. The van der Waals surface area contributed by atoms with E-state index < -0.39 is 0 Å². The summed E-state index contributed by atoms with van der Waals surface area (Å²) in [5.74, 6) is 1.05. The molecule has 2 N–H and O–H groups in total. The Kier molecular flexibility index (Phi) is 5.61. The molecule has 0 saturated heterocycles. The molecule has 18 heavy (non-hydrogen) atoms. The van der Waals surface area contributed by atoms with Crippen molar-refractivity contribution in [2.24, 2.45) is 0 Å². The molecule has 102 valence electrons. The molecule has 1 aromatic heterocycles.